The Morgan fingerprint density at radius 3 is 2.78 bits per heavy atom. The van der Waals surface area contributed by atoms with E-state index in [4.69, 9.17) is 0 Å². The minimum Gasteiger partial charge on any atom is -0.480 e. The maximum atomic E-state index is 12.3. The van der Waals surface area contributed by atoms with Gasteiger partial charge in [0.15, 0.2) is 0 Å². The quantitative estimate of drug-likeness (QED) is 0.904. The number of hydrogen-bond acceptors (Lipinski definition) is 3. The first kappa shape index (κ1) is 15.5. The molecule has 3 rings (SSSR count). The first-order chi connectivity index (χ1) is 11.0. The van der Waals surface area contributed by atoms with E-state index < -0.39 is 11.5 Å². The van der Waals surface area contributed by atoms with Gasteiger partial charge in [-0.3, -0.25) is 4.79 Å². The number of carboxylic acids is 1. The second-order valence-corrected chi connectivity index (χ2v) is 6.49. The maximum absolute atomic E-state index is 12.3. The van der Waals surface area contributed by atoms with E-state index in [2.05, 4.69) is 17.2 Å². The van der Waals surface area contributed by atoms with E-state index in [0.717, 1.165) is 18.5 Å². The number of nitrogens with one attached hydrogen (secondary N) is 1. The third-order valence-electron chi connectivity index (χ3n) is 4.67. The number of carbonyl (C=O) groups is 2. The molecular formula is C17H21N3O3. The van der Waals surface area contributed by atoms with Gasteiger partial charge in [0.05, 0.1) is 12.1 Å². The molecule has 1 amide bonds. The van der Waals surface area contributed by atoms with Crippen molar-refractivity contribution >= 4 is 17.5 Å². The highest BCUT2D eigenvalue weighted by molar-refractivity contribution is 5.88. The zero-order valence-electron chi connectivity index (χ0n) is 13.2. The highest BCUT2D eigenvalue weighted by Gasteiger charge is 2.42. The summed E-state index contributed by atoms with van der Waals surface area (Å²) in [5, 5.41) is 12.3. The first-order valence-electron chi connectivity index (χ1n) is 7.95. The molecule has 0 aliphatic heterocycles. The zero-order chi connectivity index (χ0) is 16.4. The van der Waals surface area contributed by atoms with Crippen LogP contribution in [0.25, 0.3) is 5.65 Å². The Kier molecular flexibility index (Phi) is 4.07. The Morgan fingerprint density at radius 2 is 2.13 bits per heavy atom. The van der Waals surface area contributed by atoms with Crippen molar-refractivity contribution in [2.24, 2.45) is 5.92 Å². The van der Waals surface area contributed by atoms with Gasteiger partial charge in [0.2, 0.25) is 5.91 Å². The molecule has 0 aromatic carbocycles. The fourth-order valence-corrected chi connectivity index (χ4v) is 3.20. The van der Waals surface area contributed by atoms with Crippen LogP contribution in [0.1, 0.15) is 38.3 Å². The molecule has 122 valence electrons. The summed E-state index contributed by atoms with van der Waals surface area (Å²) < 4.78 is 1.85. The minimum atomic E-state index is -1.12. The summed E-state index contributed by atoms with van der Waals surface area (Å²) in [6.07, 6.45) is 6.37. The van der Waals surface area contributed by atoms with Gasteiger partial charge in [-0.05, 0) is 43.7 Å². The molecule has 2 heterocycles. The number of hydrogen-bond donors (Lipinski definition) is 2. The number of carboxylic acid groups (broad SMARTS) is 1. The molecule has 2 aromatic heterocycles. The number of imidazole rings is 1. The van der Waals surface area contributed by atoms with Crippen molar-refractivity contribution < 1.29 is 14.7 Å². The van der Waals surface area contributed by atoms with Crippen LogP contribution in [0.15, 0.2) is 30.6 Å². The first-order valence-corrected chi connectivity index (χ1v) is 7.95. The van der Waals surface area contributed by atoms with E-state index >= 15 is 0 Å². The molecule has 23 heavy (non-hydrogen) atoms. The third-order valence-corrected chi connectivity index (χ3v) is 4.67. The lowest BCUT2D eigenvalue weighted by Crippen LogP contribution is -2.56. The number of aromatic nitrogens is 2. The predicted molar refractivity (Wildman–Crippen MR) is 85.0 cm³/mol. The molecule has 6 heteroatoms. The van der Waals surface area contributed by atoms with Gasteiger partial charge in [-0.1, -0.05) is 13.0 Å². The number of nitrogens with zero attached hydrogens (tertiary/aromatic N) is 2. The number of aliphatic carboxylic acids is 1. The second kappa shape index (κ2) is 6.02. The second-order valence-electron chi connectivity index (χ2n) is 6.49. The molecule has 1 saturated carbocycles. The van der Waals surface area contributed by atoms with Crippen molar-refractivity contribution in [3.63, 3.8) is 0 Å². The lowest BCUT2D eigenvalue weighted by Gasteiger charge is -2.36. The van der Waals surface area contributed by atoms with Crippen LogP contribution in [-0.4, -0.2) is 31.9 Å². The highest BCUT2D eigenvalue weighted by atomic mass is 16.4. The monoisotopic (exact) mass is 315 g/mol. The summed E-state index contributed by atoms with van der Waals surface area (Å²) in [5.74, 6) is -0.712. The van der Waals surface area contributed by atoms with Gasteiger partial charge in [0.1, 0.15) is 11.2 Å². The van der Waals surface area contributed by atoms with Crippen molar-refractivity contribution in [2.45, 2.75) is 44.6 Å². The summed E-state index contributed by atoms with van der Waals surface area (Å²) in [7, 11) is 0. The molecule has 1 fully saturated rings. The van der Waals surface area contributed by atoms with E-state index in [1.165, 1.54) is 0 Å². The Hall–Kier alpha value is -2.37. The highest BCUT2D eigenvalue weighted by Crippen LogP contribution is 2.32. The summed E-state index contributed by atoms with van der Waals surface area (Å²) in [6.45, 7) is 2.12. The van der Waals surface area contributed by atoms with Gasteiger partial charge >= 0.3 is 5.97 Å². The Morgan fingerprint density at radius 1 is 1.39 bits per heavy atom. The average molecular weight is 315 g/mol. The van der Waals surface area contributed by atoms with Crippen LogP contribution >= 0.6 is 0 Å². The molecule has 6 nitrogen and oxygen atoms in total. The summed E-state index contributed by atoms with van der Waals surface area (Å²) >= 11 is 0. The SMILES string of the molecule is CC1CCC(NC(=O)Cc2cn3ccccc3n2)(C(=O)O)CC1. The molecular weight excluding hydrogens is 294 g/mol. The lowest BCUT2D eigenvalue weighted by atomic mass is 9.77. The normalized spacial score (nSPS) is 24.5. The van der Waals surface area contributed by atoms with Crippen LogP contribution in [0.5, 0.6) is 0 Å². The predicted octanol–water partition coefficient (Wildman–Crippen LogP) is 2.03. The number of rotatable bonds is 4. The van der Waals surface area contributed by atoms with E-state index in [1.54, 1.807) is 6.20 Å². The molecule has 2 aromatic rings. The molecule has 1 aliphatic carbocycles. The van der Waals surface area contributed by atoms with Crippen LogP contribution in [0.2, 0.25) is 0 Å². The standard InChI is InChI=1S/C17H21N3O3/c1-12-5-7-17(8-6-12,16(22)23)19-15(21)10-13-11-20-9-3-2-4-14(20)18-13/h2-4,9,11-12H,5-8,10H2,1H3,(H,19,21)(H,22,23). The van der Waals surface area contributed by atoms with Crippen molar-refractivity contribution in [1.82, 2.24) is 14.7 Å². The van der Waals surface area contributed by atoms with Crippen molar-refractivity contribution in [3.8, 4) is 0 Å². The molecule has 0 saturated heterocycles. The van der Waals surface area contributed by atoms with E-state index in [-0.39, 0.29) is 12.3 Å². The average Bonchev–Trinajstić information content (AvgIpc) is 2.91. The third kappa shape index (κ3) is 3.21. The molecule has 0 unspecified atom stereocenters. The van der Waals surface area contributed by atoms with Crippen molar-refractivity contribution in [3.05, 3.63) is 36.3 Å². The smallest absolute Gasteiger partial charge is 0.329 e. The summed E-state index contributed by atoms with van der Waals surface area (Å²) in [5.41, 5.74) is 0.288. The zero-order valence-corrected chi connectivity index (χ0v) is 13.2. The maximum Gasteiger partial charge on any atom is 0.329 e. The summed E-state index contributed by atoms with van der Waals surface area (Å²) in [6, 6.07) is 5.64. The molecule has 0 radical (unpaired) electrons. The molecule has 0 bridgehead atoms. The van der Waals surface area contributed by atoms with E-state index in [0.29, 0.717) is 24.5 Å². The van der Waals surface area contributed by atoms with Crippen LogP contribution in [0.3, 0.4) is 0 Å². The lowest BCUT2D eigenvalue weighted by molar-refractivity contribution is -0.149. The van der Waals surface area contributed by atoms with Crippen LogP contribution in [0, 0.1) is 5.92 Å². The van der Waals surface area contributed by atoms with Gasteiger partial charge in [-0.15, -0.1) is 0 Å². The number of carbonyl (C=O) groups excluding carboxylic acids is 1. The fourth-order valence-electron chi connectivity index (χ4n) is 3.20. The van der Waals surface area contributed by atoms with Crippen LogP contribution in [0.4, 0.5) is 0 Å². The topological polar surface area (TPSA) is 83.7 Å². The fraction of sp³-hybridized carbons (Fsp3) is 0.471. The van der Waals surface area contributed by atoms with Crippen LogP contribution < -0.4 is 5.32 Å². The van der Waals surface area contributed by atoms with Gasteiger partial charge in [0, 0.05) is 12.4 Å². The van der Waals surface area contributed by atoms with Crippen LogP contribution in [-0.2, 0) is 16.0 Å². The largest absolute Gasteiger partial charge is 0.480 e. The Bertz CT molecular complexity index is 697. The van der Waals surface area contributed by atoms with Gasteiger partial charge in [-0.25, -0.2) is 9.78 Å². The Labute approximate surface area is 134 Å². The van der Waals surface area contributed by atoms with Crippen molar-refractivity contribution in [1.29, 1.82) is 0 Å². The van der Waals surface area contributed by atoms with Gasteiger partial charge in [-0.2, -0.15) is 0 Å². The molecule has 0 spiro atoms. The van der Waals surface area contributed by atoms with Crippen molar-refractivity contribution in [2.75, 3.05) is 0 Å². The molecule has 0 atom stereocenters. The van der Waals surface area contributed by atoms with E-state index in [1.807, 2.05) is 28.8 Å². The Balaban J connectivity index is 1.71. The number of fused-ring (bicyclic) bond motifs is 1. The van der Waals surface area contributed by atoms with E-state index in [9.17, 15) is 14.7 Å². The minimum absolute atomic E-state index is 0.0895. The number of pyridine rings is 1. The molecule has 2 N–H and O–H groups in total. The van der Waals surface area contributed by atoms with Gasteiger partial charge in [0.25, 0.3) is 0 Å². The summed E-state index contributed by atoms with van der Waals surface area (Å²) in [4.78, 5) is 28.4. The molecule has 1 aliphatic rings. The van der Waals surface area contributed by atoms with Gasteiger partial charge < -0.3 is 14.8 Å². The number of amides is 1.